The number of aryl methyl sites for hydroxylation is 1. The van der Waals surface area contributed by atoms with Crippen LogP contribution in [0.3, 0.4) is 0 Å². The summed E-state index contributed by atoms with van der Waals surface area (Å²) in [6.45, 7) is 6.11. The second kappa shape index (κ2) is 12.0. The minimum atomic E-state index is -0.221. The zero-order chi connectivity index (χ0) is 20.2. The van der Waals surface area contributed by atoms with Crippen LogP contribution in [0.2, 0.25) is 0 Å². The predicted octanol–water partition coefficient (Wildman–Crippen LogP) is 3.27. The number of rotatable bonds is 12. The number of carbonyl (C=O) groups is 1. The number of benzene rings is 2. The highest BCUT2D eigenvalue weighted by Gasteiger charge is 2.10. The molecule has 6 heteroatoms. The van der Waals surface area contributed by atoms with Gasteiger partial charge in [0.2, 0.25) is 0 Å². The van der Waals surface area contributed by atoms with Crippen LogP contribution in [-0.4, -0.2) is 37.4 Å². The van der Waals surface area contributed by atoms with Crippen LogP contribution in [0.4, 0.5) is 5.69 Å². The van der Waals surface area contributed by atoms with Crippen molar-refractivity contribution in [1.29, 1.82) is 0 Å². The van der Waals surface area contributed by atoms with Crippen LogP contribution in [0.1, 0.15) is 30.9 Å². The van der Waals surface area contributed by atoms with Gasteiger partial charge in [-0.2, -0.15) is 0 Å². The minimum absolute atomic E-state index is 0.0906. The number of amides is 1. The second-order valence-electron chi connectivity index (χ2n) is 6.52. The van der Waals surface area contributed by atoms with Gasteiger partial charge in [0.05, 0.1) is 6.61 Å². The maximum absolute atomic E-state index is 12.1. The molecule has 0 aliphatic rings. The summed E-state index contributed by atoms with van der Waals surface area (Å²) in [4.78, 5) is 12.1. The lowest BCUT2D eigenvalue weighted by Crippen LogP contribution is -2.20. The number of anilines is 1. The molecule has 0 fully saturated rings. The molecule has 28 heavy (non-hydrogen) atoms. The van der Waals surface area contributed by atoms with Crippen molar-refractivity contribution in [3.05, 3.63) is 53.6 Å². The third-order valence-electron chi connectivity index (χ3n) is 4.09. The summed E-state index contributed by atoms with van der Waals surface area (Å²) in [6.07, 6.45) is 1.74. The Morgan fingerprint density at radius 3 is 2.54 bits per heavy atom. The van der Waals surface area contributed by atoms with Gasteiger partial charge in [-0.1, -0.05) is 23.8 Å². The Bertz CT molecular complexity index is 732. The molecule has 3 N–H and O–H groups in total. The molecule has 0 unspecified atom stereocenters. The highest BCUT2D eigenvalue weighted by atomic mass is 16.5. The average Bonchev–Trinajstić information content (AvgIpc) is 2.69. The van der Waals surface area contributed by atoms with E-state index in [2.05, 4.69) is 10.6 Å². The van der Waals surface area contributed by atoms with Gasteiger partial charge >= 0.3 is 0 Å². The van der Waals surface area contributed by atoms with Crippen LogP contribution in [0.15, 0.2) is 42.5 Å². The van der Waals surface area contributed by atoms with E-state index in [1.54, 1.807) is 0 Å². The lowest BCUT2D eigenvalue weighted by molar-refractivity contribution is -0.118. The van der Waals surface area contributed by atoms with E-state index < -0.39 is 0 Å². The molecule has 0 heterocycles. The van der Waals surface area contributed by atoms with E-state index in [1.165, 1.54) is 0 Å². The van der Waals surface area contributed by atoms with Crippen molar-refractivity contribution in [1.82, 2.24) is 5.32 Å². The average molecular weight is 386 g/mol. The quantitative estimate of drug-likeness (QED) is 0.488. The molecular formula is C22H30N2O4. The highest BCUT2D eigenvalue weighted by Crippen LogP contribution is 2.28. The van der Waals surface area contributed by atoms with E-state index in [1.807, 2.05) is 56.3 Å². The summed E-state index contributed by atoms with van der Waals surface area (Å²) in [5, 5.41) is 15.0. The molecule has 0 bridgehead atoms. The Morgan fingerprint density at radius 2 is 1.82 bits per heavy atom. The number of unbranched alkanes of at least 4 members (excludes halogenated alkanes) is 1. The third-order valence-corrected chi connectivity index (χ3v) is 4.09. The Hall–Kier alpha value is -2.57. The molecule has 152 valence electrons. The molecule has 0 aromatic heterocycles. The number of hydrogen-bond acceptors (Lipinski definition) is 5. The molecular weight excluding hydrogens is 356 g/mol. The monoisotopic (exact) mass is 386 g/mol. The van der Waals surface area contributed by atoms with E-state index in [9.17, 15) is 4.79 Å². The van der Waals surface area contributed by atoms with Gasteiger partial charge in [0.15, 0.2) is 18.1 Å². The number of carbonyl (C=O) groups excluding carboxylic acids is 1. The van der Waals surface area contributed by atoms with Crippen molar-refractivity contribution < 1.29 is 19.4 Å². The molecule has 2 rings (SSSR count). The van der Waals surface area contributed by atoms with Crippen molar-refractivity contribution in [2.24, 2.45) is 0 Å². The van der Waals surface area contributed by atoms with Crippen LogP contribution < -0.4 is 20.1 Å². The van der Waals surface area contributed by atoms with E-state index >= 15 is 0 Å². The third kappa shape index (κ3) is 7.58. The summed E-state index contributed by atoms with van der Waals surface area (Å²) in [7, 11) is 0. The van der Waals surface area contributed by atoms with Gasteiger partial charge in [0.1, 0.15) is 0 Å². The van der Waals surface area contributed by atoms with Gasteiger partial charge in [0.25, 0.3) is 5.91 Å². The predicted molar refractivity (Wildman–Crippen MR) is 111 cm³/mol. The molecule has 0 atom stereocenters. The number of aliphatic hydroxyl groups excluding tert-OH is 1. The Kier molecular flexibility index (Phi) is 9.31. The summed E-state index contributed by atoms with van der Waals surface area (Å²) in [5.41, 5.74) is 2.95. The van der Waals surface area contributed by atoms with Crippen molar-refractivity contribution >= 4 is 11.6 Å². The fraction of sp³-hybridized carbons (Fsp3) is 0.409. The topological polar surface area (TPSA) is 79.8 Å². The van der Waals surface area contributed by atoms with E-state index in [-0.39, 0.29) is 19.1 Å². The van der Waals surface area contributed by atoms with Crippen LogP contribution >= 0.6 is 0 Å². The molecule has 0 saturated carbocycles. The first kappa shape index (κ1) is 21.7. The van der Waals surface area contributed by atoms with Gasteiger partial charge < -0.3 is 25.2 Å². The van der Waals surface area contributed by atoms with Crippen LogP contribution in [-0.2, 0) is 11.3 Å². The molecule has 0 spiro atoms. The molecule has 0 saturated heterocycles. The van der Waals surface area contributed by atoms with Gasteiger partial charge in [-0.05, 0) is 63.1 Å². The fourth-order valence-corrected chi connectivity index (χ4v) is 2.62. The maximum atomic E-state index is 12.1. The van der Waals surface area contributed by atoms with E-state index in [0.717, 1.165) is 36.2 Å². The smallest absolute Gasteiger partial charge is 0.262 e. The first-order valence-corrected chi connectivity index (χ1v) is 9.69. The normalized spacial score (nSPS) is 10.5. The van der Waals surface area contributed by atoms with E-state index in [4.69, 9.17) is 14.6 Å². The summed E-state index contributed by atoms with van der Waals surface area (Å²) in [5.74, 6) is 0.950. The first-order chi connectivity index (χ1) is 13.6. The van der Waals surface area contributed by atoms with Crippen LogP contribution in [0, 0.1) is 6.92 Å². The van der Waals surface area contributed by atoms with Crippen LogP contribution in [0.25, 0.3) is 0 Å². The largest absolute Gasteiger partial charge is 0.490 e. The minimum Gasteiger partial charge on any atom is -0.490 e. The van der Waals surface area contributed by atoms with E-state index in [0.29, 0.717) is 24.7 Å². The first-order valence-electron chi connectivity index (χ1n) is 9.69. The molecule has 2 aromatic rings. The number of aliphatic hydroxyl groups is 1. The van der Waals surface area contributed by atoms with Gasteiger partial charge in [-0.25, -0.2) is 0 Å². The van der Waals surface area contributed by atoms with Gasteiger partial charge in [-0.3, -0.25) is 4.79 Å². The Labute approximate surface area is 166 Å². The Morgan fingerprint density at radius 1 is 1.04 bits per heavy atom. The molecule has 1 amide bonds. The van der Waals surface area contributed by atoms with Gasteiger partial charge in [0, 0.05) is 18.8 Å². The van der Waals surface area contributed by atoms with Crippen molar-refractivity contribution in [2.75, 3.05) is 31.7 Å². The Balaban J connectivity index is 1.88. The lowest BCUT2D eigenvalue weighted by atomic mass is 10.2. The zero-order valence-electron chi connectivity index (χ0n) is 16.7. The summed E-state index contributed by atoms with van der Waals surface area (Å²) >= 11 is 0. The highest BCUT2D eigenvalue weighted by molar-refractivity contribution is 5.91. The second-order valence-corrected chi connectivity index (χ2v) is 6.52. The fourth-order valence-electron chi connectivity index (χ4n) is 2.62. The van der Waals surface area contributed by atoms with Crippen LogP contribution in [0.5, 0.6) is 11.5 Å². The van der Waals surface area contributed by atoms with Crippen molar-refractivity contribution in [3.8, 4) is 11.5 Å². The lowest BCUT2D eigenvalue weighted by Gasteiger charge is -2.14. The van der Waals surface area contributed by atoms with Crippen molar-refractivity contribution in [3.63, 3.8) is 0 Å². The summed E-state index contributed by atoms with van der Waals surface area (Å²) < 4.78 is 11.3. The number of nitrogens with one attached hydrogen (secondary N) is 2. The molecule has 0 radical (unpaired) electrons. The SMILES string of the molecule is CCOc1cc(CNCCCCO)ccc1OCC(=O)Nc1ccc(C)cc1. The number of hydrogen-bond donors (Lipinski definition) is 3. The number of ether oxygens (including phenoxy) is 2. The molecule has 2 aromatic carbocycles. The van der Waals surface area contributed by atoms with Crippen molar-refractivity contribution in [2.45, 2.75) is 33.2 Å². The van der Waals surface area contributed by atoms with Gasteiger partial charge in [-0.15, -0.1) is 0 Å². The molecule has 6 nitrogen and oxygen atoms in total. The molecule has 0 aliphatic carbocycles. The maximum Gasteiger partial charge on any atom is 0.262 e. The zero-order valence-corrected chi connectivity index (χ0v) is 16.7. The summed E-state index contributed by atoms with van der Waals surface area (Å²) in [6, 6.07) is 13.3. The molecule has 0 aliphatic heterocycles. The standard InChI is InChI=1S/C22H30N2O4/c1-3-27-21-14-18(15-23-12-4-5-13-25)8-11-20(21)28-16-22(26)24-19-9-6-17(2)7-10-19/h6-11,14,23,25H,3-5,12-13,15-16H2,1-2H3,(H,24,26).